The molecule has 1 aliphatic carbocycles. The highest BCUT2D eigenvalue weighted by molar-refractivity contribution is 7.91. The largest absolute Gasteiger partial charge is 0.744 e. The Hall–Kier alpha value is -5.63. The molecule has 3 aromatic rings. The van der Waals surface area contributed by atoms with Crippen LogP contribution in [0, 0.1) is 17.8 Å². The van der Waals surface area contributed by atoms with Crippen molar-refractivity contribution in [2.45, 2.75) is 101 Å². The van der Waals surface area contributed by atoms with Crippen molar-refractivity contribution in [3.05, 3.63) is 76.9 Å². The van der Waals surface area contributed by atoms with E-state index in [1.165, 1.54) is 60.4 Å². The minimum Gasteiger partial charge on any atom is -0.744 e. The molecule has 1 fully saturated rings. The predicted octanol–water partition coefficient (Wildman–Crippen LogP) is 2.77. The van der Waals surface area contributed by atoms with E-state index in [0.717, 1.165) is 6.07 Å². The van der Waals surface area contributed by atoms with Crippen molar-refractivity contribution in [2.75, 3.05) is 23.3 Å². The maximum Gasteiger partial charge on any atom is 0.226 e. The summed E-state index contributed by atoms with van der Waals surface area (Å²) in [5, 5.41) is 5.46. The van der Waals surface area contributed by atoms with Gasteiger partial charge < -0.3 is 31.6 Å². The third kappa shape index (κ3) is 10.8. The van der Waals surface area contributed by atoms with E-state index >= 15 is 0 Å². The van der Waals surface area contributed by atoms with Crippen LogP contribution in [0.25, 0.3) is 0 Å². The lowest BCUT2D eigenvalue weighted by Gasteiger charge is -2.28. The van der Waals surface area contributed by atoms with Gasteiger partial charge in [-0.05, 0) is 63.3 Å². The molecule has 63 heavy (non-hydrogen) atoms. The van der Waals surface area contributed by atoms with E-state index < -0.39 is 95.1 Å². The lowest BCUT2D eigenvalue weighted by Crippen LogP contribution is -2.63. The minimum absolute atomic E-state index is 0.0154. The molecule has 19 heteroatoms. The van der Waals surface area contributed by atoms with Crippen molar-refractivity contribution in [3.63, 3.8) is 0 Å². The van der Waals surface area contributed by atoms with Gasteiger partial charge in [0.25, 0.3) is 0 Å². The van der Waals surface area contributed by atoms with Crippen LogP contribution < -0.4 is 22.1 Å². The molecule has 0 bridgehead atoms. The van der Waals surface area contributed by atoms with E-state index in [0.29, 0.717) is 19.4 Å². The summed E-state index contributed by atoms with van der Waals surface area (Å²) in [6.45, 7) is 8.66. The number of carbonyl (C=O) groups excluding carboxylic acids is 7. The summed E-state index contributed by atoms with van der Waals surface area (Å²) < 4.78 is 63.6. The van der Waals surface area contributed by atoms with Crippen LogP contribution in [-0.2, 0) is 43.9 Å². The number of nitrogens with zero attached hydrogens (tertiary/aromatic N) is 1. The van der Waals surface area contributed by atoms with Gasteiger partial charge in [0.1, 0.15) is 16.2 Å². The van der Waals surface area contributed by atoms with E-state index in [9.17, 15) is 55.0 Å². The number of Topliss-reactive ketones (excluding diaryl/α,β-unsaturated/α-hetero) is 3. The average molecular weight is 908 g/mol. The number of benzene rings is 3. The van der Waals surface area contributed by atoms with Crippen molar-refractivity contribution in [1.82, 2.24) is 10.2 Å². The molecule has 1 saturated heterocycles. The van der Waals surface area contributed by atoms with Crippen LogP contribution in [0.1, 0.15) is 105 Å². The number of fused-ring (bicyclic) bond motifs is 2. The zero-order valence-corrected chi connectivity index (χ0v) is 37.4. The van der Waals surface area contributed by atoms with Crippen molar-refractivity contribution >= 4 is 77.7 Å². The number of nitrogen functional groups attached to an aromatic ring is 1. The molecule has 3 aromatic carbocycles. The SMILES string of the molecule is CC([NH3+])C(=O)CC(C)C(=O)N1CCCC1C(=O)CC(C(=O)NC(C)C(=O)CCCS(=O)(=O)c1cccc(Nc2cc(S(=O)(=O)[O-])c(N)c3c2C(=O)c2ccccc2C3=O)c1)C(C)C. The second kappa shape index (κ2) is 19.4. The smallest absolute Gasteiger partial charge is 0.226 e. The maximum absolute atomic E-state index is 13.7. The van der Waals surface area contributed by atoms with Gasteiger partial charge in [-0.2, -0.15) is 0 Å². The first kappa shape index (κ1) is 48.4. The zero-order chi connectivity index (χ0) is 46.7. The van der Waals surface area contributed by atoms with Crippen LogP contribution in [0.2, 0.25) is 0 Å². The lowest BCUT2D eigenvalue weighted by molar-refractivity contribution is -0.397. The van der Waals surface area contributed by atoms with Crippen LogP contribution in [-0.4, -0.2) is 97.4 Å². The monoisotopic (exact) mass is 907 g/mol. The third-order valence-electron chi connectivity index (χ3n) is 11.6. The van der Waals surface area contributed by atoms with Crippen molar-refractivity contribution in [1.29, 1.82) is 0 Å². The Kier molecular flexibility index (Phi) is 14.9. The van der Waals surface area contributed by atoms with Crippen LogP contribution in [0.15, 0.2) is 64.4 Å². The van der Waals surface area contributed by atoms with Crippen molar-refractivity contribution in [3.8, 4) is 0 Å². The average Bonchev–Trinajstić information content (AvgIpc) is 3.71. The summed E-state index contributed by atoms with van der Waals surface area (Å²) >= 11 is 0. The molecule has 338 valence electrons. The number of hydrogen-bond donors (Lipinski definition) is 4. The molecule has 0 spiro atoms. The number of sulfone groups is 1. The molecule has 1 heterocycles. The Morgan fingerprint density at radius 2 is 1.51 bits per heavy atom. The van der Waals surface area contributed by atoms with Crippen molar-refractivity contribution < 1.29 is 60.7 Å². The number of rotatable bonds is 19. The van der Waals surface area contributed by atoms with Gasteiger partial charge in [-0.1, -0.05) is 51.1 Å². The van der Waals surface area contributed by atoms with Gasteiger partial charge in [-0.15, -0.1) is 0 Å². The van der Waals surface area contributed by atoms with Crippen LogP contribution in [0.5, 0.6) is 0 Å². The Morgan fingerprint density at radius 3 is 2.11 bits per heavy atom. The normalized spacial score (nSPS) is 17.0. The Balaban J connectivity index is 1.22. The highest BCUT2D eigenvalue weighted by Crippen LogP contribution is 2.40. The fourth-order valence-electron chi connectivity index (χ4n) is 7.92. The number of nitrogens with one attached hydrogen (secondary N) is 2. The molecule has 2 amide bonds. The first-order valence-electron chi connectivity index (χ1n) is 20.7. The van der Waals surface area contributed by atoms with E-state index in [1.54, 1.807) is 27.7 Å². The first-order chi connectivity index (χ1) is 29.4. The molecule has 1 aliphatic heterocycles. The zero-order valence-electron chi connectivity index (χ0n) is 35.8. The number of ketones is 5. The highest BCUT2D eigenvalue weighted by atomic mass is 32.2. The molecule has 5 rings (SSSR count). The molecule has 7 N–H and O–H groups in total. The highest BCUT2D eigenvalue weighted by Gasteiger charge is 2.39. The summed E-state index contributed by atoms with van der Waals surface area (Å²) in [7, 11) is -9.31. The number of nitrogens with two attached hydrogens (primary N) is 1. The molecular weight excluding hydrogens is 855 g/mol. The molecule has 0 radical (unpaired) electrons. The van der Waals surface area contributed by atoms with Crippen molar-refractivity contribution in [2.24, 2.45) is 17.8 Å². The molecule has 5 unspecified atom stereocenters. The van der Waals surface area contributed by atoms with Gasteiger partial charge in [0.15, 0.2) is 38.8 Å². The van der Waals surface area contributed by atoms with E-state index in [2.05, 4.69) is 16.4 Å². The van der Waals surface area contributed by atoms with Crippen LogP contribution in [0.3, 0.4) is 0 Å². The molecule has 0 aromatic heterocycles. The number of anilines is 3. The summed E-state index contributed by atoms with van der Waals surface area (Å²) in [6, 6.07) is 9.73. The van der Waals surface area contributed by atoms with Crippen LogP contribution in [0.4, 0.5) is 17.1 Å². The quantitative estimate of drug-likeness (QED) is 0.0778. The van der Waals surface area contributed by atoms with E-state index in [-0.39, 0.29) is 82.0 Å². The Bertz CT molecular complexity index is 2590. The lowest BCUT2D eigenvalue weighted by atomic mass is 9.82. The van der Waals surface area contributed by atoms with E-state index in [4.69, 9.17) is 5.73 Å². The number of quaternary nitrogens is 1. The van der Waals surface area contributed by atoms with Gasteiger partial charge in [0.05, 0.1) is 50.1 Å². The Morgan fingerprint density at radius 1 is 0.873 bits per heavy atom. The predicted molar refractivity (Wildman–Crippen MR) is 230 cm³/mol. The summed E-state index contributed by atoms with van der Waals surface area (Å²) in [6.07, 6.45) is 0.527. The second-order valence-corrected chi connectivity index (χ2v) is 20.2. The molecular formula is C44H53N5O12S2. The third-order valence-corrected chi connectivity index (χ3v) is 14.2. The van der Waals surface area contributed by atoms with E-state index in [1.807, 2.05) is 0 Å². The van der Waals surface area contributed by atoms with Crippen LogP contribution >= 0.6 is 0 Å². The second-order valence-electron chi connectivity index (χ2n) is 16.7. The summed E-state index contributed by atoms with van der Waals surface area (Å²) in [5.74, 6) is -5.41. The molecule has 0 saturated carbocycles. The van der Waals surface area contributed by atoms with Gasteiger partial charge in [-0.25, -0.2) is 16.8 Å². The summed E-state index contributed by atoms with van der Waals surface area (Å²) in [5.41, 5.74) is 8.05. The fourth-order valence-corrected chi connectivity index (χ4v) is 9.90. The maximum atomic E-state index is 13.7. The number of likely N-dealkylation sites (tertiary alicyclic amines) is 1. The number of hydrogen-bond acceptors (Lipinski definition) is 14. The molecule has 2 aliphatic rings. The topological polar surface area (TPSA) is 292 Å². The fraction of sp³-hybridized carbons (Fsp3) is 0.432. The first-order valence-corrected chi connectivity index (χ1v) is 23.7. The molecule has 5 atom stereocenters. The van der Waals surface area contributed by atoms with Gasteiger partial charge in [0.2, 0.25) is 11.8 Å². The Labute approximate surface area is 366 Å². The standard InChI is InChI=1S/C44H53N5O12S2/c1-23(2)31(21-36(52)33-15-9-17-49(33)44(56)24(3)19-35(51)25(4)45)43(55)47-26(5)34(50)16-10-18-62(57,58)28-12-8-11-27(20-28)48-32-22-37(63(59,60)61)40(46)39-38(32)41(53)29-13-6-7-14-30(29)42(39)54/h6-8,11-14,20,22-26,31,33,48H,9-10,15-19,21,45-46H2,1-5H3,(H,47,55)(H,59,60,61). The van der Waals surface area contributed by atoms with Gasteiger partial charge in [-0.3, -0.25) is 33.6 Å². The minimum atomic E-state index is -5.25. The number of carbonyl (C=O) groups is 7. The van der Waals surface area contributed by atoms with Gasteiger partial charge in [0, 0.05) is 54.5 Å². The molecule has 17 nitrogen and oxygen atoms in total. The summed E-state index contributed by atoms with van der Waals surface area (Å²) in [4.78, 5) is 93.2. The number of amides is 2. The van der Waals surface area contributed by atoms with Gasteiger partial charge >= 0.3 is 0 Å².